The summed E-state index contributed by atoms with van der Waals surface area (Å²) in [6.07, 6.45) is 1.19. The Morgan fingerprint density at radius 2 is 2.11 bits per heavy atom. The fourth-order valence-corrected chi connectivity index (χ4v) is 2.82. The Bertz CT molecular complexity index is 597. The second-order valence-corrected chi connectivity index (χ2v) is 5.77. The van der Waals surface area contributed by atoms with E-state index in [9.17, 15) is 0 Å². The van der Waals surface area contributed by atoms with Crippen LogP contribution in [0.25, 0.3) is 0 Å². The van der Waals surface area contributed by atoms with Crippen LogP contribution in [0.2, 0.25) is 0 Å². The number of benzene rings is 2. The number of halogens is 1. The standard InChI is InChI=1S/C16H16BrNO/c1-11-6-7-16-12(8-11)9-13(19-16)10-18-15-5-3-2-4-14(15)17/h2-8,13,18H,9-10H2,1H3. The molecule has 0 radical (unpaired) electrons. The normalized spacial score (nSPS) is 16.8. The molecule has 2 nitrogen and oxygen atoms in total. The lowest BCUT2D eigenvalue weighted by molar-refractivity contribution is 0.246. The second kappa shape index (κ2) is 5.25. The molecule has 0 amide bonds. The van der Waals surface area contributed by atoms with Crippen molar-refractivity contribution in [3.8, 4) is 5.75 Å². The molecule has 0 spiro atoms. The van der Waals surface area contributed by atoms with Crippen LogP contribution in [-0.4, -0.2) is 12.6 Å². The minimum atomic E-state index is 0.212. The second-order valence-electron chi connectivity index (χ2n) is 4.92. The maximum Gasteiger partial charge on any atom is 0.123 e. The number of rotatable bonds is 3. The lowest BCUT2D eigenvalue weighted by Gasteiger charge is -2.13. The van der Waals surface area contributed by atoms with Crippen molar-refractivity contribution >= 4 is 21.6 Å². The highest BCUT2D eigenvalue weighted by Gasteiger charge is 2.22. The van der Waals surface area contributed by atoms with Crippen LogP contribution < -0.4 is 10.1 Å². The van der Waals surface area contributed by atoms with E-state index in [0.717, 1.165) is 28.9 Å². The van der Waals surface area contributed by atoms with Gasteiger partial charge in [-0.15, -0.1) is 0 Å². The molecule has 1 unspecified atom stereocenters. The largest absolute Gasteiger partial charge is 0.488 e. The fraction of sp³-hybridized carbons (Fsp3) is 0.250. The lowest BCUT2D eigenvalue weighted by Crippen LogP contribution is -2.24. The maximum atomic E-state index is 5.95. The van der Waals surface area contributed by atoms with E-state index < -0.39 is 0 Å². The Balaban J connectivity index is 1.63. The van der Waals surface area contributed by atoms with Crippen molar-refractivity contribution in [3.63, 3.8) is 0 Å². The summed E-state index contributed by atoms with van der Waals surface area (Å²) in [5, 5.41) is 3.43. The molecule has 2 aromatic carbocycles. The average molecular weight is 318 g/mol. The highest BCUT2D eigenvalue weighted by atomic mass is 79.9. The number of hydrogen-bond acceptors (Lipinski definition) is 2. The van der Waals surface area contributed by atoms with E-state index in [2.05, 4.69) is 52.4 Å². The Morgan fingerprint density at radius 3 is 2.95 bits per heavy atom. The van der Waals surface area contributed by atoms with Gasteiger partial charge in [0.2, 0.25) is 0 Å². The molecular formula is C16H16BrNO. The van der Waals surface area contributed by atoms with Gasteiger partial charge in [-0.1, -0.05) is 29.8 Å². The van der Waals surface area contributed by atoms with E-state index in [1.165, 1.54) is 11.1 Å². The van der Waals surface area contributed by atoms with Gasteiger partial charge in [0, 0.05) is 16.6 Å². The molecule has 0 aromatic heterocycles. The van der Waals surface area contributed by atoms with Crippen LogP contribution in [0.4, 0.5) is 5.69 Å². The third kappa shape index (κ3) is 2.76. The smallest absolute Gasteiger partial charge is 0.123 e. The van der Waals surface area contributed by atoms with E-state index in [-0.39, 0.29) is 6.10 Å². The van der Waals surface area contributed by atoms with E-state index in [0.29, 0.717) is 0 Å². The molecule has 3 heteroatoms. The molecule has 0 aliphatic carbocycles. The monoisotopic (exact) mass is 317 g/mol. The molecule has 1 aliphatic rings. The van der Waals surface area contributed by atoms with Gasteiger partial charge in [-0.3, -0.25) is 0 Å². The lowest BCUT2D eigenvalue weighted by atomic mass is 10.1. The molecule has 1 aliphatic heterocycles. The molecule has 0 saturated carbocycles. The molecule has 0 bridgehead atoms. The molecule has 3 rings (SSSR count). The van der Waals surface area contributed by atoms with Gasteiger partial charge < -0.3 is 10.1 Å². The zero-order valence-corrected chi connectivity index (χ0v) is 12.4. The van der Waals surface area contributed by atoms with Crippen molar-refractivity contribution in [2.24, 2.45) is 0 Å². The quantitative estimate of drug-likeness (QED) is 0.917. The first-order chi connectivity index (χ1) is 9.22. The van der Waals surface area contributed by atoms with E-state index >= 15 is 0 Å². The molecule has 19 heavy (non-hydrogen) atoms. The van der Waals surface area contributed by atoms with Crippen LogP contribution in [-0.2, 0) is 6.42 Å². The van der Waals surface area contributed by atoms with Crippen LogP contribution in [0, 0.1) is 6.92 Å². The molecule has 98 valence electrons. The van der Waals surface area contributed by atoms with Gasteiger partial charge in [0.05, 0.1) is 6.54 Å². The maximum absolute atomic E-state index is 5.95. The van der Waals surface area contributed by atoms with Crippen LogP contribution in [0.1, 0.15) is 11.1 Å². The van der Waals surface area contributed by atoms with Crippen LogP contribution in [0.15, 0.2) is 46.9 Å². The number of para-hydroxylation sites is 1. The van der Waals surface area contributed by atoms with Crippen LogP contribution >= 0.6 is 15.9 Å². The van der Waals surface area contributed by atoms with Crippen molar-refractivity contribution in [2.75, 3.05) is 11.9 Å². The fourth-order valence-electron chi connectivity index (χ4n) is 2.39. The van der Waals surface area contributed by atoms with Gasteiger partial charge in [0.15, 0.2) is 0 Å². The van der Waals surface area contributed by atoms with Gasteiger partial charge in [-0.05, 0) is 46.6 Å². The first-order valence-corrected chi connectivity index (χ1v) is 7.26. The highest BCUT2D eigenvalue weighted by Crippen LogP contribution is 2.30. The number of anilines is 1. The molecule has 1 N–H and O–H groups in total. The molecule has 1 atom stereocenters. The van der Waals surface area contributed by atoms with Crippen molar-refractivity contribution in [1.29, 1.82) is 0 Å². The summed E-state index contributed by atoms with van der Waals surface area (Å²) in [4.78, 5) is 0. The van der Waals surface area contributed by atoms with E-state index in [4.69, 9.17) is 4.74 Å². The Morgan fingerprint density at radius 1 is 1.26 bits per heavy atom. The van der Waals surface area contributed by atoms with Crippen molar-refractivity contribution in [2.45, 2.75) is 19.4 Å². The summed E-state index contributed by atoms with van der Waals surface area (Å²) >= 11 is 3.54. The third-order valence-corrected chi connectivity index (χ3v) is 4.04. The summed E-state index contributed by atoms with van der Waals surface area (Å²) in [7, 11) is 0. The number of ether oxygens (including phenoxy) is 1. The first-order valence-electron chi connectivity index (χ1n) is 6.47. The van der Waals surface area contributed by atoms with Gasteiger partial charge in [0.25, 0.3) is 0 Å². The zero-order valence-electron chi connectivity index (χ0n) is 10.8. The summed E-state index contributed by atoms with van der Waals surface area (Å²) in [5.41, 5.74) is 3.72. The summed E-state index contributed by atoms with van der Waals surface area (Å²) in [6, 6.07) is 14.5. The first kappa shape index (κ1) is 12.5. The molecule has 1 heterocycles. The SMILES string of the molecule is Cc1ccc2c(c1)CC(CNc1ccccc1Br)O2. The minimum absolute atomic E-state index is 0.212. The Kier molecular flexibility index (Phi) is 3.47. The predicted octanol–water partition coefficient (Wildman–Crippen LogP) is 4.17. The minimum Gasteiger partial charge on any atom is -0.488 e. The van der Waals surface area contributed by atoms with Crippen molar-refractivity contribution < 1.29 is 4.74 Å². The average Bonchev–Trinajstić information content (AvgIpc) is 2.79. The number of hydrogen-bond donors (Lipinski definition) is 1. The molecule has 2 aromatic rings. The third-order valence-electron chi connectivity index (χ3n) is 3.35. The van der Waals surface area contributed by atoms with Gasteiger partial charge >= 0.3 is 0 Å². The summed E-state index contributed by atoms with van der Waals surface area (Å²) < 4.78 is 7.03. The number of fused-ring (bicyclic) bond motifs is 1. The Labute approximate surface area is 121 Å². The molecule has 0 fully saturated rings. The summed E-state index contributed by atoms with van der Waals surface area (Å²) in [5.74, 6) is 1.03. The summed E-state index contributed by atoms with van der Waals surface area (Å²) in [6.45, 7) is 2.93. The van der Waals surface area contributed by atoms with Crippen molar-refractivity contribution in [3.05, 3.63) is 58.1 Å². The highest BCUT2D eigenvalue weighted by molar-refractivity contribution is 9.10. The topological polar surface area (TPSA) is 21.3 Å². The number of nitrogens with one attached hydrogen (secondary N) is 1. The predicted molar refractivity (Wildman–Crippen MR) is 81.9 cm³/mol. The molecule has 0 saturated heterocycles. The van der Waals surface area contributed by atoms with Crippen LogP contribution in [0.5, 0.6) is 5.75 Å². The molecular weight excluding hydrogens is 302 g/mol. The number of aryl methyl sites for hydroxylation is 1. The van der Waals surface area contributed by atoms with E-state index in [1.807, 2.05) is 18.2 Å². The van der Waals surface area contributed by atoms with Gasteiger partial charge in [0.1, 0.15) is 11.9 Å². The van der Waals surface area contributed by atoms with E-state index in [1.54, 1.807) is 0 Å². The van der Waals surface area contributed by atoms with Gasteiger partial charge in [-0.25, -0.2) is 0 Å². The zero-order chi connectivity index (χ0) is 13.2. The Hall–Kier alpha value is -1.48. The van der Waals surface area contributed by atoms with Crippen molar-refractivity contribution in [1.82, 2.24) is 0 Å². The van der Waals surface area contributed by atoms with Crippen LogP contribution in [0.3, 0.4) is 0 Å². The van der Waals surface area contributed by atoms with Gasteiger partial charge in [-0.2, -0.15) is 0 Å².